The van der Waals surface area contributed by atoms with Gasteiger partial charge in [-0.1, -0.05) is 0 Å². The minimum Gasteiger partial charge on any atom is -0.497 e. The molecule has 1 aromatic carbocycles. The van der Waals surface area contributed by atoms with Crippen LogP contribution in [0.3, 0.4) is 0 Å². The Morgan fingerprint density at radius 2 is 1.90 bits per heavy atom. The summed E-state index contributed by atoms with van der Waals surface area (Å²) >= 11 is 0. The Morgan fingerprint density at radius 1 is 1.10 bits per heavy atom. The topological polar surface area (TPSA) is 57.9 Å². The zero-order valence-corrected chi connectivity index (χ0v) is 11.6. The number of hydrogen-bond donors (Lipinski definition) is 0. The normalized spacial score (nSPS) is 10.3. The average Bonchev–Trinajstić information content (AvgIpc) is 2.94. The van der Waals surface area contributed by atoms with Crippen LogP contribution in [0.5, 0.6) is 11.5 Å². The Bertz CT molecular complexity index is 600. The average molecular weight is 276 g/mol. The zero-order valence-electron chi connectivity index (χ0n) is 11.6. The molecule has 2 aromatic rings. The lowest BCUT2D eigenvalue weighted by molar-refractivity contribution is 0.0996. The van der Waals surface area contributed by atoms with Gasteiger partial charge in [-0.25, -0.2) is 0 Å². The highest BCUT2D eigenvalue weighted by molar-refractivity contribution is 6.09. The van der Waals surface area contributed by atoms with E-state index in [9.17, 15) is 4.79 Å². The summed E-state index contributed by atoms with van der Waals surface area (Å²) in [5, 5.41) is 0. The molecule has 1 heterocycles. The molecule has 106 valence electrons. The van der Waals surface area contributed by atoms with Crippen molar-refractivity contribution in [1.29, 1.82) is 0 Å². The van der Waals surface area contributed by atoms with E-state index in [4.69, 9.17) is 18.6 Å². The summed E-state index contributed by atoms with van der Waals surface area (Å²) in [5.41, 5.74) is 0.394. The summed E-state index contributed by atoms with van der Waals surface area (Å²) in [6, 6.07) is 8.37. The van der Waals surface area contributed by atoms with Crippen molar-refractivity contribution in [2.45, 2.75) is 6.61 Å². The second kappa shape index (κ2) is 6.25. The Labute approximate surface area is 117 Å². The molecule has 5 nitrogen and oxygen atoms in total. The zero-order chi connectivity index (χ0) is 14.5. The molecule has 0 fully saturated rings. The van der Waals surface area contributed by atoms with E-state index in [0.717, 1.165) is 0 Å². The summed E-state index contributed by atoms with van der Waals surface area (Å²) in [6.45, 7) is 0.322. The second-order valence-corrected chi connectivity index (χ2v) is 4.09. The lowest BCUT2D eigenvalue weighted by Crippen LogP contribution is -2.03. The van der Waals surface area contributed by atoms with Crippen LogP contribution < -0.4 is 9.47 Å². The lowest BCUT2D eigenvalue weighted by Gasteiger charge is -2.08. The molecule has 20 heavy (non-hydrogen) atoms. The van der Waals surface area contributed by atoms with E-state index in [1.807, 2.05) is 0 Å². The molecular formula is C15H16O5. The molecular weight excluding hydrogens is 260 g/mol. The van der Waals surface area contributed by atoms with Gasteiger partial charge in [0, 0.05) is 7.11 Å². The Hall–Kier alpha value is -2.27. The van der Waals surface area contributed by atoms with Gasteiger partial charge < -0.3 is 18.6 Å². The summed E-state index contributed by atoms with van der Waals surface area (Å²) in [6.07, 6.45) is 0. The molecule has 0 aliphatic rings. The van der Waals surface area contributed by atoms with Gasteiger partial charge in [0.2, 0.25) is 5.78 Å². The van der Waals surface area contributed by atoms with Gasteiger partial charge >= 0.3 is 0 Å². The van der Waals surface area contributed by atoms with Gasteiger partial charge in [-0.3, -0.25) is 4.79 Å². The van der Waals surface area contributed by atoms with Crippen LogP contribution in [0.25, 0.3) is 0 Å². The van der Waals surface area contributed by atoms with Gasteiger partial charge in [-0.2, -0.15) is 0 Å². The number of hydrogen-bond acceptors (Lipinski definition) is 5. The third-order valence-corrected chi connectivity index (χ3v) is 2.82. The smallest absolute Gasteiger partial charge is 0.232 e. The van der Waals surface area contributed by atoms with E-state index in [0.29, 0.717) is 29.4 Å². The van der Waals surface area contributed by atoms with Crippen molar-refractivity contribution in [3.05, 3.63) is 47.4 Å². The summed E-state index contributed by atoms with van der Waals surface area (Å²) in [5.74, 6) is 1.63. The maximum atomic E-state index is 12.4. The summed E-state index contributed by atoms with van der Waals surface area (Å²) in [7, 11) is 4.62. The molecule has 0 unspecified atom stereocenters. The lowest BCUT2D eigenvalue weighted by atomic mass is 10.1. The van der Waals surface area contributed by atoms with Crippen LogP contribution in [0.1, 0.15) is 21.9 Å². The number of methoxy groups -OCH3 is 3. The maximum Gasteiger partial charge on any atom is 0.232 e. The van der Waals surface area contributed by atoms with Crippen molar-refractivity contribution < 1.29 is 23.4 Å². The molecule has 0 atom stereocenters. The van der Waals surface area contributed by atoms with Crippen LogP contribution in [-0.4, -0.2) is 27.1 Å². The molecule has 0 spiro atoms. The van der Waals surface area contributed by atoms with Gasteiger partial charge in [-0.05, 0) is 30.3 Å². The first kappa shape index (κ1) is 14.1. The molecule has 1 aromatic heterocycles. The highest BCUT2D eigenvalue weighted by Gasteiger charge is 2.19. The van der Waals surface area contributed by atoms with Crippen LogP contribution in [0.15, 0.2) is 34.7 Å². The van der Waals surface area contributed by atoms with E-state index < -0.39 is 0 Å². The molecule has 0 amide bonds. The molecule has 2 rings (SSSR count). The number of rotatable bonds is 6. The first-order valence-corrected chi connectivity index (χ1v) is 6.04. The van der Waals surface area contributed by atoms with Gasteiger partial charge in [0.1, 0.15) is 23.9 Å². The van der Waals surface area contributed by atoms with Gasteiger partial charge in [0.05, 0.1) is 19.8 Å². The molecule has 0 aliphatic carbocycles. The monoisotopic (exact) mass is 276 g/mol. The Balaban J connectivity index is 2.35. The van der Waals surface area contributed by atoms with Crippen LogP contribution in [0.4, 0.5) is 0 Å². The van der Waals surface area contributed by atoms with Crippen LogP contribution in [0.2, 0.25) is 0 Å². The van der Waals surface area contributed by atoms with Crippen molar-refractivity contribution in [3.8, 4) is 11.5 Å². The van der Waals surface area contributed by atoms with E-state index in [2.05, 4.69) is 0 Å². The molecule has 5 heteroatoms. The van der Waals surface area contributed by atoms with Gasteiger partial charge in [0.15, 0.2) is 5.76 Å². The van der Waals surface area contributed by atoms with Crippen LogP contribution in [0, 0.1) is 0 Å². The predicted molar refractivity (Wildman–Crippen MR) is 72.4 cm³/mol. The fraction of sp³-hybridized carbons (Fsp3) is 0.267. The minimum absolute atomic E-state index is 0.239. The number of benzene rings is 1. The standard InChI is InChI=1S/C15H16O5/c1-17-9-11-5-7-14(20-11)15(16)12-8-10(18-2)4-6-13(12)19-3/h4-8H,9H2,1-3H3. The molecule has 0 bridgehead atoms. The third kappa shape index (κ3) is 2.83. The highest BCUT2D eigenvalue weighted by atomic mass is 16.5. The van der Waals surface area contributed by atoms with Crippen molar-refractivity contribution >= 4 is 5.78 Å². The van der Waals surface area contributed by atoms with Gasteiger partial charge in [0.25, 0.3) is 0 Å². The SMILES string of the molecule is COCc1ccc(C(=O)c2cc(OC)ccc2OC)o1. The highest BCUT2D eigenvalue weighted by Crippen LogP contribution is 2.27. The van der Waals surface area contributed by atoms with Crippen molar-refractivity contribution in [2.75, 3.05) is 21.3 Å². The number of carbonyl (C=O) groups excluding carboxylic acids is 1. The van der Waals surface area contributed by atoms with Gasteiger partial charge in [-0.15, -0.1) is 0 Å². The molecule has 0 saturated heterocycles. The van der Waals surface area contributed by atoms with Crippen LogP contribution >= 0.6 is 0 Å². The second-order valence-electron chi connectivity index (χ2n) is 4.09. The van der Waals surface area contributed by atoms with Crippen molar-refractivity contribution in [1.82, 2.24) is 0 Å². The first-order chi connectivity index (χ1) is 9.69. The third-order valence-electron chi connectivity index (χ3n) is 2.82. The first-order valence-electron chi connectivity index (χ1n) is 6.04. The number of ether oxygens (including phenoxy) is 3. The molecule has 0 radical (unpaired) electrons. The number of ketones is 1. The van der Waals surface area contributed by atoms with Crippen molar-refractivity contribution in [3.63, 3.8) is 0 Å². The number of carbonyl (C=O) groups is 1. The van der Waals surface area contributed by atoms with E-state index in [1.54, 1.807) is 44.6 Å². The number of furan rings is 1. The molecule has 0 N–H and O–H groups in total. The van der Waals surface area contributed by atoms with E-state index in [1.165, 1.54) is 7.11 Å². The Morgan fingerprint density at radius 3 is 2.55 bits per heavy atom. The van der Waals surface area contributed by atoms with Crippen LogP contribution in [-0.2, 0) is 11.3 Å². The van der Waals surface area contributed by atoms with Crippen molar-refractivity contribution in [2.24, 2.45) is 0 Å². The quantitative estimate of drug-likeness (QED) is 0.759. The van der Waals surface area contributed by atoms with E-state index >= 15 is 0 Å². The summed E-state index contributed by atoms with van der Waals surface area (Å²) in [4.78, 5) is 12.4. The maximum absolute atomic E-state index is 12.4. The fourth-order valence-corrected chi connectivity index (χ4v) is 1.84. The predicted octanol–water partition coefficient (Wildman–Crippen LogP) is 2.67. The largest absolute Gasteiger partial charge is 0.497 e. The molecule has 0 aliphatic heterocycles. The van der Waals surface area contributed by atoms with E-state index in [-0.39, 0.29) is 11.5 Å². The summed E-state index contributed by atoms with van der Waals surface area (Å²) < 4.78 is 20.7. The fourth-order valence-electron chi connectivity index (χ4n) is 1.84. The molecule has 0 saturated carbocycles. The Kier molecular flexibility index (Phi) is 4.42. The minimum atomic E-state index is -0.261.